The molecule has 0 saturated heterocycles. The minimum absolute atomic E-state index is 0.0439. The Morgan fingerprint density at radius 3 is 2.40 bits per heavy atom. The van der Waals surface area contributed by atoms with Crippen LogP contribution in [0.4, 0.5) is 0 Å². The Labute approximate surface area is 61.3 Å². The van der Waals surface area contributed by atoms with Gasteiger partial charge in [-0.15, -0.1) is 9.42 Å². The van der Waals surface area contributed by atoms with E-state index in [0.29, 0.717) is 0 Å². The van der Waals surface area contributed by atoms with Crippen LogP contribution in [0.25, 0.3) is 0 Å². The van der Waals surface area contributed by atoms with Crippen molar-refractivity contribution in [1.29, 1.82) is 0 Å². The first-order valence-electron chi connectivity index (χ1n) is 3.62. The van der Waals surface area contributed by atoms with E-state index in [9.17, 15) is 4.57 Å². The van der Waals surface area contributed by atoms with E-state index in [1.54, 1.807) is 0 Å². The summed E-state index contributed by atoms with van der Waals surface area (Å²) >= 11 is 0. The summed E-state index contributed by atoms with van der Waals surface area (Å²) in [5.74, 6) is 0. The van der Waals surface area contributed by atoms with Crippen LogP contribution in [0.2, 0.25) is 0 Å². The zero-order valence-electron chi connectivity index (χ0n) is 5.82. The van der Waals surface area contributed by atoms with Crippen molar-refractivity contribution in [2.75, 3.05) is 0 Å². The van der Waals surface area contributed by atoms with Crippen molar-refractivity contribution in [2.24, 2.45) is 0 Å². The maximum Gasteiger partial charge on any atom is 0.694 e. The molecule has 0 bridgehead atoms. The van der Waals surface area contributed by atoms with Crippen molar-refractivity contribution < 1.29 is 14.0 Å². The summed E-state index contributed by atoms with van der Waals surface area (Å²) in [5.41, 5.74) is 0. The third-order valence-corrected chi connectivity index (χ3v) is 2.27. The Hall–Kier alpha value is 0.0200. The van der Waals surface area contributed by atoms with E-state index in [-0.39, 0.29) is 6.10 Å². The molecule has 0 spiro atoms. The Balaban J connectivity index is 2.19. The van der Waals surface area contributed by atoms with E-state index in [1.165, 1.54) is 6.42 Å². The number of hydrogen-bond acceptors (Lipinski definition) is 2. The predicted octanol–water partition coefficient (Wildman–Crippen LogP) is 1.99. The SMILES string of the molecule is O=[P+](O)OC1CCCCC1. The molecule has 0 aromatic heterocycles. The van der Waals surface area contributed by atoms with Crippen molar-refractivity contribution in [3.8, 4) is 0 Å². The van der Waals surface area contributed by atoms with Crippen molar-refractivity contribution in [3.63, 3.8) is 0 Å². The van der Waals surface area contributed by atoms with Crippen molar-refractivity contribution in [1.82, 2.24) is 0 Å². The summed E-state index contributed by atoms with van der Waals surface area (Å²) < 4.78 is 14.9. The van der Waals surface area contributed by atoms with Gasteiger partial charge in [-0.1, -0.05) is 19.3 Å². The normalized spacial score (nSPS) is 22.7. The lowest BCUT2D eigenvalue weighted by molar-refractivity contribution is 0.147. The summed E-state index contributed by atoms with van der Waals surface area (Å²) in [6.07, 6.45) is 5.44. The fourth-order valence-electron chi connectivity index (χ4n) is 1.30. The molecule has 0 aromatic rings. The lowest BCUT2D eigenvalue weighted by Crippen LogP contribution is -2.12. The summed E-state index contributed by atoms with van der Waals surface area (Å²) in [5, 5.41) is 0. The molecule has 0 aliphatic heterocycles. The molecule has 58 valence electrons. The van der Waals surface area contributed by atoms with E-state index in [4.69, 9.17) is 9.42 Å². The van der Waals surface area contributed by atoms with Gasteiger partial charge in [-0.25, -0.2) is 0 Å². The average Bonchev–Trinajstić information content (AvgIpc) is 1.88. The highest BCUT2D eigenvalue weighted by Crippen LogP contribution is 2.27. The monoisotopic (exact) mass is 163 g/mol. The van der Waals surface area contributed by atoms with Crippen LogP contribution in [0.3, 0.4) is 0 Å². The predicted molar refractivity (Wildman–Crippen MR) is 37.8 cm³/mol. The molecule has 1 aliphatic carbocycles. The lowest BCUT2D eigenvalue weighted by Gasteiger charge is -2.14. The average molecular weight is 163 g/mol. The molecule has 1 fully saturated rings. The third-order valence-electron chi connectivity index (χ3n) is 1.79. The third kappa shape index (κ3) is 2.74. The minimum Gasteiger partial charge on any atom is -0.133 e. The van der Waals surface area contributed by atoms with E-state index in [1.807, 2.05) is 0 Å². The highest BCUT2D eigenvalue weighted by Gasteiger charge is 2.24. The van der Waals surface area contributed by atoms with Gasteiger partial charge in [0.15, 0.2) is 0 Å². The standard InChI is InChI=1S/C6H11O3P/c7-10(8)9-6-4-2-1-3-5-6/h6H,1-5H2/p+1. The molecule has 3 nitrogen and oxygen atoms in total. The van der Waals surface area contributed by atoms with Crippen LogP contribution in [0.5, 0.6) is 0 Å². The van der Waals surface area contributed by atoms with Crippen LogP contribution in [0.1, 0.15) is 32.1 Å². The molecule has 0 amide bonds. The maximum atomic E-state index is 10.2. The molecule has 1 N–H and O–H groups in total. The summed E-state index contributed by atoms with van der Waals surface area (Å²) in [6.45, 7) is 0. The Bertz CT molecular complexity index is 120. The highest BCUT2D eigenvalue weighted by atomic mass is 31.1. The molecule has 4 heteroatoms. The van der Waals surface area contributed by atoms with Crippen LogP contribution >= 0.6 is 8.25 Å². The maximum absolute atomic E-state index is 10.2. The highest BCUT2D eigenvalue weighted by molar-refractivity contribution is 7.32. The topological polar surface area (TPSA) is 46.5 Å². The van der Waals surface area contributed by atoms with Crippen LogP contribution in [-0.4, -0.2) is 11.0 Å². The van der Waals surface area contributed by atoms with E-state index in [0.717, 1.165) is 25.7 Å². The van der Waals surface area contributed by atoms with Gasteiger partial charge < -0.3 is 0 Å². The zero-order valence-corrected chi connectivity index (χ0v) is 6.72. The molecular formula is C6H12O3P+. The first kappa shape index (κ1) is 8.12. The smallest absolute Gasteiger partial charge is 0.133 e. The van der Waals surface area contributed by atoms with Crippen molar-refractivity contribution in [2.45, 2.75) is 38.2 Å². The second-order valence-corrected chi connectivity index (χ2v) is 3.29. The molecule has 1 aliphatic rings. The van der Waals surface area contributed by atoms with Gasteiger partial charge in [0, 0.05) is 4.57 Å². The molecule has 0 radical (unpaired) electrons. The van der Waals surface area contributed by atoms with Gasteiger partial charge in [0.25, 0.3) is 0 Å². The quantitative estimate of drug-likeness (QED) is 0.633. The molecule has 1 atom stereocenters. The van der Waals surface area contributed by atoms with Crippen LogP contribution in [0.15, 0.2) is 0 Å². The van der Waals surface area contributed by atoms with Crippen molar-refractivity contribution in [3.05, 3.63) is 0 Å². The number of hydrogen-bond donors (Lipinski definition) is 1. The summed E-state index contributed by atoms with van der Waals surface area (Å²) in [4.78, 5) is 8.39. The molecule has 1 saturated carbocycles. The largest absolute Gasteiger partial charge is 0.694 e. The first-order chi connectivity index (χ1) is 4.79. The molecule has 10 heavy (non-hydrogen) atoms. The van der Waals surface area contributed by atoms with Crippen molar-refractivity contribution >= 4 is 8.25 Å². The van der Waals surface area contributed by atoms with E-state index in [2.05, 4.69) is 0 Å². The van der Waals surface area contributed by atoms with Crippen LogP contribution in [-0.2, 0) is 9.09 Å². The Morgan fingerprint density at radius 1 is 1.30 bits per heavy atom. The molecule has 1 unspecified atom stereocenters. The number of rotatable bonds is 2. The molecule has 0 aromatic carbocycles. The molecule has 1 rings (SSSR count). The van der Waals surface area contributed by atoms with Crippen LogP contribution in [0, 0.1) is 0 Å². The van der Waals surface area contributed by atoms with Gasteiger partial charge in [0.2, 0.25) is 0 Å². The van der Waals surface area contributed by atoms with Gasteiger partial charge in [0.1, 0.15) is 6.10 Å². The Kier molecular flexibility index (Phi) is 3.26. The summed E-state index contributed by atoms with van der Waals surface area (Å²) in [7, 11) is -2.37. The minimum atomic E-state index is -2.37. The van der Waals surface area contributed by atoms with E-state index < -0.39 is 8.25 Å². The summed E-state index contributed by atoms with van der Waals surface area (Å²) in [6, 6.07) is 0. The van der Waals surface area contributed by atoms with Gasteiger partial charge in [-0.3, -0.25) is 0 Å². The van der Waals surface area contributed by atoms with Gasteiger partial charge in [-0.05, 0) is 12.8 Å². The van der Waals surface area contributed by atoms with Crippen LogP contribution < -0.4 is 0 Å². The second-order valence-electron chi connectivity index (χ2n) is 2.60. The zero-order chi connectivity index (χ0) is 7.40. The molecule has 0 heterocycles. The molecular weight excluding hydrogens is 151 g/mol. The van der Waals surface area contributed by atoms with E-state index >= 15 is 0 Å². The lowest BCUT2D eigenvalue weighted by atomic mass is 9.98. The van der Waals surface area contributed by atoms with Gasteiger partial charge in [0.05, 0.1) is 0 Å². The Morgan fingerprint density at radius 2 is 1.90 bits per heavy atom. The van der Waals surface area contributed by atoms with Gasteiger partial charge >= 0.3 is 8.25 Å². The van der Waals surface area contributed by atoms with Gasteiger partial charge in [-0.2, -0.15) is 0 Å². The second kappa shape index (κ2) is 4.02. The fourth-order valence-corrected chi connectivity index (χ4v) is 1.76. The first-order valence-corrected chi connectivity index (χ1v) is 4.75. The fraction of sp³-hybridized carbons (Fsp3) is 1.00.